The van der Waals surface area contributed by atoms with Gasteiger partial charge in [0.25, 0.3) is 0 Å². The summed E-state index contributed by atoms with van der Waals surface area (Å²) in [6.07, 6.45) is -16.1. The normalized spacial score (nSPS) is 24.8. The van der Waals surface area contributed by atoms with Gasteiger partial charge in [-0.05, 0) is 55.6 Å². The average Bonchev–Trinajstić information content (AvgIpc) is 0.764. The Bertz CT molecular complexity index is 3960. The van der Waals surface area contributed by atoms with Crippen LogP contribution >= 0.6 is 0 Å². The fraction of sp³-hybridized carbons (Fsp3) is 0.318. The van der Waals surface area contributed by atoms with Crippen molar-refractivity contribution >= 4 is 0 Å². The van der Waals surface area contributed by atoms with Crippen LogP contribution in [0.4, 0.5) is 0 Å². The Hall–Kier alpha value is -8.44. The van der Waals surface area contributed by atoms with E-state index in [1.807, 2.05) is 303 Å². The molecule has 0 unspecified atom stereocenters. The number of hydrogen-bond donors (Lipinski definition) is 1. The Balaban J connectivity index is 0.929. The van der Waals surface area contributed by atoms with E-state index >= 15 is 0 Å². The summed E-state index contributed by atoms with van der Waals surface area (Å²) in [4.78, 5) is 0. The van der Waals surface area contributed by atoms with Crippen LogP contribution in [-0.4, -0.2) is 117 Å². The van der Waals surface area contributed by atoms with Gasteiger partial charge in [0.2, 0.25) is 0 Å². The molecule has 0 aliphatic carbocycles. The van der Waals surface area contributed by atoms with Crippen molar-refractivity contribution in [3.8, 4) is 0 Å². The number of rotatable bonds is 37. The molecule has 3 heterocycles. The predicted molar refractivity (Wildman–Crippen MR) is 391 cm³/mol. The van der Waals surface area contributed by atoms with Crippen LogP contribution in [0.15, 0.2) is 303 Å². The summed E-state index contributed by atoms with van der Waals surface area (Å²) in [5, 5.41) is 12.4. The van der Waals surface area contributed by atoms with Gasteiger partial charge in [0, 0.05) is 0 Å². The summed E-state index contributed by atoms with van der Waals surface area (Å²) in [5.74, 6) is 0. The van der Waals surface area contributed by atoms with Gasteiger partial charge in [0.1, 0.15) is 73.2 Å². The predicted octanol–water partition coefficient (Wildman–Crippen LogP) is 14.7. The fourth-order valence-corrected chi connectivity index (χ4v) is 13.2. The first-order valence-corrected chi connectivity index (χ1v) is 35.9. The van der Waals surface area contributed by atoms with Crippen LogP contribution in [0, 0.1) is 0 Å². The lowest BCUT2D eigenvalue weighted by atomic mass is 9.95. The summed E-state index contributed by atoms with van der Waals surface area (Å²) in [6.45, 7) is 1.71. The van der Waals surface area contributed by atoms with Crippen LogP contribution in [0.3, 0.4) is 0 Å². The number of benzene rings is 10. The van der Waals surface area contributed by atoms with E-state index in [2.05, 4.69) is 0 Å². The van der Waals surface area contributed by atoms with Gasteiger partial charge in [-0.25, -0.2) is 0 Å². The second-order valence-corrected chi connectivity index (χ2v) is 26.2. The molecule has 1 N–H and O–H groups in total. The van der Waals surface area contributed by atoms with Crippen LogP contribution in [0.1, 0.15) is 55.6 Å². The Morgan fingerprint density at radius 2 is 0.394 bits per heavy atom. The molecule has 0 spiro atoms. The third-order valence-electron chi connectivity index (χ3n) is 18.6. The van der Waals surface area contributed by atoms with E-state index in [-0.39, 0.29) is 79.3 Å². The molecule has 540 valence electrons. The maximum atomic E-state index is 12.4. The summed E-state index contributed by atoms with van der Waals surface area (Å²) in [7, 11) is 0. The topological polar surface area (TPSA) is 159 Å². The molecule has 3 aliphatic heterocycles. The minimum absolute atomic E-state index is 0.0397. The van der Waals surface area contributed by atoms with Crippen LogP contribution < -0.4 is 0 Å². The van der Waals surface area contributed by atoms with Gasteiger partial charge in [-0.3, -0.25) is 0 Å². The molecule has 13 rings (SSSR count). The Morgan fingerprint density at radius 1 is 0.202 bits per heavy atom. The second-order valence-electron chi connectivity index (χ2n) is 26.2. The highest BCUT2D eigenvalue weighted by molar-refractivity contribution is 5.21. The van der Waals surface area contributed by atoms with Crippen molar-refractivity contribution < 1.29 is 76.2 Å². The van der Waals surface area contributed by atoms with Gasteiger partial charge in [-0.15, -0.1) is 0 Å². The van der Waals surface area contributed by atoms with E-state index < -0.39 is 92.1 Å². The van der Waals surface area contributed by atoms with Crippen molar-refractivity contribution in [2.24, 2.45) is 0 Å². The van der Waals surface area contributed by atoms with Crippen molar-refractivity contribution in [3.63, 3.8) is 0 Å². The minimum Gasteiger partial charge on any atom is -0.374 e. The maximum absolute atomic E-state index is 12.4. The number of hydrogen-bond acceptors (Lipinski definition) is 16. The largest absolute Gasteiger partial charge is 0.374 e. The molecular formula is C88H92O16. The highest BCUT2D eigenvalue weighted by atomic mass is 16.8. The quantitative estimate of drug-likeness (QED) is 0.0392. The lowest BCUT2D eigenvalue weighted by molar-refractivity contribution is -0.394. The zero-order chi connectivity index (χ0) is 70.6. The molecule has 3 aliphatic rings. The SMILES string of the molecule is O[C@H]1O[C@H](COCc2ccccc2)[C@@H](O[C@@H]2O[C@H](COCc3ccccc3)[C@@H](O[C@@H]3O[C@H](COCc4ccccc4)[C@H](OCc4ccccc4)[C@H](OCc4ccccc4)[C@H]3OCc3ccccc3)[C@H](OCc3ccccc3)[C@H]2OCc2ccccc2)[C@H](OCc2ccccc2)[C@H]1OCc1ccccc1. The molecule has 10 aromatic rings. The van der Waals surface area contributed by atoms with Gasteiger partial charge < -0.3 is 76.2 Å². The first-order valence-electron chi connectivity index (χ1n) is 35.9. The molecule has 16 heteroatoms. The molecule has 15 atom stereocenters. The molecular weight excluding hydrogens is 1310 g/mol. The molecule has 0 amide bonds. The molecule has 10 aromatic carbocycles. The molecule has 3 saturated heterocycles. The zero-order valence-corrected chi connectivity index (χ0v) is 58.3. The van der Waals surface area contributed by atoms with E-state index in [4.69, 9.17) is 71.1 Å². The highest BCUT2D eigenvalue weighted by Gasteiger charge is 2.57. The van der Waals surface area contributed by atoms with Crippen molar-refractivity contribution in [3.05, 3.63) is 359 Å². The van der Waals surface area contributed by atoms with Gasteiger partial charge >= 0.3 is 0 Å². The smallest absolute Gasteiger partial charge is 0.187 e. The van der Waals surface area contributed by atoms with Crippen molar-refractivity contribution in [2.75, 3.05) is 19.8 Å². The summed E-state index contributed by atoms with van der Waals surface area (Å²) in [5.41, 5.74) is 9.20. The van der Waals surface area contributed by atoms with Crippen LogP contribution in [0.5, 0.6) is 0 Å². The Labute approximate surface area is 610 Å². The third-order valence-corrected chi connectivity index (χ3v) is 18.6. The maximum Gasteiger partial charge on any atom is 0.187 e. The first-order chi connectivity index (χ1) is 51.5. The van der Waals surface area contributed by atoms with Gasteiger partial charge in [-0.1, -0.05) is 303 Å². The van der Waals surface area contributed by atoms with Gasteiger partial charge in [-0.2, -0.15) is 0 Å². The average molecular weight is 1410 g/mol. The van der Waals surface area contributed by atoms with Gasteiger partial charge in [0.05, 0.1) is 85.9 Å². The van der Waals surface area contributed by atoms with E-state index in [9.17, 15) is 5.11 Å². The molecule has 0 bridgehead atoms. The van der Waals surface area contributed by atoms with E-state index in [1.54, 1.807) is 0 Å². The van der Waals surface area contributed by atoms with Crippen LogP contribution in [0.2, 0.25) is 0 Å². The van der Waals surface area contributed by atoms with Crippen molar-refractivity contribution in [1.29, 1.82) is 0 Å². The first kappa shape index (κ1) is 73.9. The van der Waals surface area contributed by atoms with Crippen LogP contribution in [0.25, 0.3) is 0 Å². The van der Waals surface area contributed by atoms with Crippen molar-refractivity contribution in [2.45, 2.75) is 158 Å². The van der Waals surface area contributed by atoms with Crippen LogP contribution in [-0.2, 0) is 137 Å². The monoisotopic (exact) mass is 1400 g/mol. The summed E-state index contributed by atoms with van der Waals surface area (Å²) in [6, 6.07) is 99.4. The lowest BCUT2D eigenvalue weighted by Gasteiger charge is -2.51. The minimum atomic E-state index is -1.50. The molecule has 0 saturated carbocycles. The summed E-state index contributed by atoms with van der Waals surface area (Å²) >= 11 is 0. The summed E-state index contributed by atoms with van der Waals surface area (Å²) < 4.78 is 108. The number of aliphatic hydroxyl groups is 1. The fourth-order valence-electron chi connectivity index (χ4n) is 13.2. The molecule has 0 radical (unpaired) electrons. The molecule has 0 aromatic heterocycles. The number of ether oxygens (including phenoxy) is 15. The second kappa shape index (κ2) is 39.6. The third kappa shape index (κ3) is 21.6. The zero-order valence-electron chi connectivity index (χ0n) is 58.3. The molecule has 16 nitrogen and oxygen atoms in total. The molecule has 3 fully saturated rings. The van der Waals surface area contributed by atoms with E-state index in [0.717, 1.165) is 55.6 Å². The standard InChI is InChI=1S/C88H92O16/c89-86-83(97-58-71-45-25-8-26-46-71)81(95-56-69-41-21-6-22-42-69)78(75(100-86)62-91-52-65-33-13-2-14-34-65)103-88-85(99-60-73-49-29-10-30-50-73)82(96-57-70-43-23-7-24-44-70)79(76(102-88)63-92-53-66-35-15-3-16-36-66)104-87-84(98-59-72-47-27-9-28-48-72)80(94-55-68-39-19-5-20-40-68)77(93-54-67-37-17-4-18-38-67)74(101-87)61-90-51-64-31-11-1-12-32-64/h1-50,74-89H,51-63H2/t74-,75-,76-,77+,78-,79-,80+,81+,82+,83-,84-,85-,86+,87+,88+/m1/s1. The highest BCUT2D eigenvalue weighted by Crippen LogP contribution is 2.40. The number of aliphatic hydroxyl groups excluding tert-OH is 1. The van der Waals surface area contributed by atoms with E-state index in [1.165, 1.54) is 0 Å². The van der Waals surface area contributed by atoms with E-state index in [0.29, 0.717) is 6.61 Å². The lowest BCUT2D eigenvalue weighted by Crippen LogP contribution is -2.68. The van der Waals surface area contributed by atoms with Gasteiger partial charge in [0.15, 0.2) is 18.9 Å². The Morgan fingerprint density at radius 3 is 0.663 bits per heavy atom. The van der Waals surface area contributed by atoms with Crippen molar-refractivity contribution in [1.82, 2.24) is 0 Å². The Kier molecular flexibility index (Phi) is 28.1. The molecule has 104 heavy (non-hydrogen) atoms.